The lowest BCUT2D eigenvalue weighted by molar-refractivity contribution is 0.267. The zero-order valence-electron chi connectivity index (χ0n) is 9.70. The first-order valence-corrected chi connectivity index (χ1v) is 6.26. The average molecular weight is 287 g/mol. The van der Waals surface area contributed by atoms with E-state index in [1.807, 2.05) is 18.2 Å². The van der Waals surface area contributed by atoms with Gasteiger partial charge in [0, 0.05) is 28.5 Å². The predicted molar refractivity (Wildman–Crippen MR) is 72.5 cm³/mol. The molecule has 0 amide bonds. The van der Waals surface area contributed by atoms with E-state index in [9.17, 15) is 0 Å². The molecule has 90 valence electrons. The molecule has 0 fully saturated rings. The Labute approximate surface area is 105 Å². The fourth-order valence-electron chi connectivity index (χ4n) is 1.56. The van der Waals surface area contributed by atoms with Crippen molar-refractivity contribution in [3.63, 3.8) is 0 Å². The first kappa shape index (κ1) is 13.3. The summed E-state index contributed by atoms with van der Waals surface area (Å²) in [5, 5.41) is 12.4. The number of aliphatic hydroxyl groups is 1. The summed E-state index contributed by atoms with van der Waals surface area (Å²) in [6.07, 6.45) is 0.745. The first-order chi connectivity index (χ1) is 7.54. The lowest BCUT2D eigenvalue weighted by Crippen LogP contribution is -2.26. The van der Waals surface area contributed by atoms with Gasteiger partial charge in [-0.15, -0.1) is 0 Å². The summed E-state index contributed by atoms with van der Waals surface area (Å²) in [5.74, 6) is 0.469. The van der Waals surface area contributed by atoms with E-state index in [1.54, 1.807) is 0 Å². The highest BCUT2D eigenvalue weighted by Crippen LogP contribution is 2.26. The Bertz CT molecular complexity index is 342. The summed E-state index contributed by atoms with van der Waals surface area (Å²) in [6.45, 7) is 4.47. The number of rotatable bonds is 5. The van der Waals surface area contributed by atoms with Crippen LogP contribution in [-0.4, -0.2) is 17.8 Å². The molecule has 1 aromatic rings. The quantitative estimate of drug-likeness (QED) is 0.730. The van der Waals surface area contributed by atoms with E-state index in [0.717, 1.165) is 22.3 Å². The van der Waals surface area contributed by atoms with Gasteiger partial charge in [-0.1, -0.05) is 13.8 Å². The molecule has 1 aromatic carbocycles. The normalized spacial score (nSPS) is 12.8. The molecular formula is C12H19BrN2O. The van der Waals surface area contributed by atoms with E-state index in [-0.39, 0.29) is 12.6 Å². The van der Waals surface area contributed by atoms with Crippen molar-refractivity contribution in [1.82, 2.24) is 0 Å². The number of anilines is 2. The minimum absolute atomic E-state index is 0.197. The second-order valence-electron chi connectivity index (χ2n) is 4.25. The van der Waals surface area contributed by atoms with Gasteiger partial charge in [0.25, 0.3) is 0 Å². The fraction of sp³-hybridized carbons (Fsp3) is 0.500. The molecule has 1 unspecified atom stereocenters. The van der Waals surface area contributed by atoms with Gasteiger partial charge in [0.05, 0.1) is 0 Å². The van der Waals surface area contributed by atoms with Crippen LogP contribution in [0.5, 0.6) is 0 Å². The Balaban J connectivity index is 2.77. The Hall–Kier alpha value is -0.740. The molecule has 1 rings (SSSR count). The number of nitrogens with two attached hydrogens (primary N) is 1. The third-order valence-corrected chi connectivity index (χ3v) is 3.23. The van der Waals surface area contributed by atoms with Gasteiger partial charge in [0.15, 0.2) is 0 Å². The number of benzene rings is 1. The zero-order chi connectivity index (χ0) is 12.1. The van der Waals surface area contributed by atoms with Crippen molar-refractivity contribution in [1.29, 1.82) is 0 Å². The van der Waals surface area contributed by atoms with Crippen molar-refractivity contribution in [2.24, 2.45) is 5.92 Å². The first-order valence-electron chi connectivity index (χ1n) is 5.47. The molecule has 0 radical (unpaired) electrons. The van der Waals surface area contributed by atoms with Crippen molar-refractivity contribution >= 4 is 27.3 Å². The molecule has 1 atom stereocenters. The van der Waals surface area contributed by atoms with Crippen molar-refractivity contribution in [2.45, 2.75) is 26.3 Å². The van der Waals surface area contributed by atoms with E-state index in [1.165, 1.54) is 0 Å². The number of aliphatic hydroxyl groups excluding tert-OH is 1. The van der Waals surface area contributed by atoms with Crippen LogP contribution in [0.1, 0.15) is 20.3 Å². The van der Waals surface area contributed by atoms with Crippen LogP contribution in [0, 0.1) is 5.92 Å². The Morgan fingerprint density at radius 1 is 1.44 bits per heavy atom. The van der Waals surface area contributed by atoms with Crippen LogP contribution < -0.4 is 11.1 Å². The standard InChI is InChI=1S/C12H19BrN2O/c1-8(2)11(5-6-16)15-12-4-3-9(14)7-10(12)13/h3-4,7-8,11,15-16H,5-6,14H2,1-2H3. The van der Waals surface area contributed by atoms with Gasteiger partial charge in [-0.3, -0.25) is 0 Å². The molecule has 0 aromatic heterocycles. The van der Waals surface area contributed by atoms with Gasteiger partial charge in [-0.2, -0.15) is 0 Å². The highest BCUT2D eigenvalue weighted by atomic mass is 79.9. The van der Waals surface area contributed by atoms with Crippen LogP contribution in [-0.2, 0) is 0 Å². The molecule has 0 saturated carbocycles. The van der Waals surface area contributed by atoms with Crippen LogP contribution in [0.25, 0.3) is 0 Å². The van der Waals surface area contributed by atoms with E-state index < -0.39 is 0 Å². The largest absolute Gasteiger partial charge is 0.399 e. The molecule has 16 heavy (non-hydrogen) atoms. The molecule has 0 aliphatic rings. The summed E-state index contributed by atoms with van der Waals surface area (Å²) in [6, 6.07) is 5.96. The topological polar surface area (TPSA) is 58.3 Å². The van der Waals surface area contributed by atoms with E-state index >= 15 is 0 Å². The van der Waals surface area contributed by atoms with Crippen LogP contribution in [0.2, 0.25) is 0 Å². The second kappa shape index (κ2) is 6.11. The highest BCUT2D eigenvalue weighted by Gasteiger charge is 2.13. The van der Waals surface area contributed by atoms with E-state index in [4.69, 9.17) is 10.8 Å². The van der Waals surface area contributed by atoms with Crippen LogP contribution >= 0.6 is 15.9 Å². The molecule has 0 aliphatic heterocycles. The minimum atomic E-state index is 0.197. The molecule has 0 heterocycles. The van der Waals surface area contributed by atoms with Gasteiger partial charge >= 0.3 is 0 Å². The zero-order valence-corrected chi connectivity index (χ0v) is 11.3. The number of nitrogens with one attached hydrogen (secondary N) is 1. The lowest BCUT2D eigenvalue weighted by Gasteiger charge is -2.23. The molecule has 0 saturated heterocycles. The Kier molecular flexibility index (Phi) is 5.09. The van der Waals surface area contributed by atoms with Gasteiger partial charge in [-0.25, -0.2) is 0 Å². The number of hydrogen-bond donors (Lipinski definition) is 3. The molecule has 4 heteroatoms. The van der Waals surface area contributed by atoms with Crippen LogP contribution in [0.4, 0.5) is 11.4 Å². The third-order valence-electron chi connectivity index (χ3n) is 2.58. The van der Waals surface area contributed by atoms with Gasteiger partial charge in [0.2, 0.25) is 0 Å². The molecule has 0 spiro atoms. The van der Waals surface area contributed by atoms with Gasteiger partial charge in [-0.05, 0) is 46.5 Å². The predicted octanol–water partition coefficient (Wildman–Crippen LogP) is 2.85. The lowest BCUT2D eigenvalue weighted by atomic mass is 10.0. The second-order valence-corrected chi connectivity index (χ2v) is 5.10. The monoisotopic (exact) mass is 286 g/mol. The Morgan fingerprint density at radius 2 is 2.12 bits per heavy atom. The summed E-state index contributed by atoms with van der Waals surface area (Å²) in [5.41, 5.74) is 7.43. The van der Waals surface area contributed by atoms with Gasteiger partial charge < -0.3 is 16.2 Å². The summed E-state index contributed by atoms with van der Waals surface area (Å²) in [4.78, 5) is 0. The minimum Gasteiger partial charge on any atom is -0.399 e. The summed E-state index contributed by atoms with van der Waals surface area (Å²) >= 11 is 3.47. The van der Waals surface area contributed by atoms with Gasteiger partial charge in [0.1, 0.15) is 0 Å². The fourth-order valence-corrected chi connectivity index (χ4v) is 2.07. The molecule has 3 nitrogen and oxygen atoms in total. The maximum atomic E-state index is 9.01. The SMILES string of the molecule is CC(C)C(CCO)Nc1ccc(N)cc1Br. The van der Waals surface area contributed by atoms with E-state index in [2.05, 4.69) is 35.1 Å². The molecule has 0 aliphatic carbocycles. The van der Waals surface area contributed by atoms with Crippen LogP contribution in [0.15, 0.2) is 22.7 Å². The molecular weight excluding hydrogens is 268 g/mol. The van der Waals surface area contributed by atoms with E-state index in [0.29, 0.717) is 5.92 Å². The summed E-state index contributed by atoms with van der Waals surface area (Å²) < 4.78 is 0.955. The third kappa shape index (κ3) is 3.68. The number of nitrogen functional groups attached to an aromatic ring is 1. The number of hydrogen-bond acceptors (Lipinski definition) is 3. The summed E-state index contributed by atoms with van der Waals surface area (Å²) in [7, 11) is 0. The molecule has 4 N–H and O–H groups in total. The Morgan fingerprint density at radius 3 is 2.62 bits per heavy atom. The van der Waals surface area contributed by atoms with Crippen molar-refractivity contribution in [3.05, 3.63) is 22.7 Å². The van der Waals surface area contributed by atoms with Crippen molar-refractivity contribution < 1.29 is 5.11 Å². The number of halogens is 1. The molecule has 0 bridgehead atoms. The van der Waals surface area contributed by atoms with Crippen molar-refractivity contribution in [2.75, 3.05) is 17.7 Å². The van der Waals surface area contributed by atoms with Crippen molar-refractivity contribution in [3.8, 4) is 0 Å². The average Bonchev–Trinajstić information content (AvgIpc) is 2.20. The maximum absolute atomic E-state index is 9.01. The highest BCUT2D eigenvalue weighted by molar-refractivity contribution is 9.10. The smallest absolute Gasteiger partial charge is 0.0488 e. The maximum Gasteiger partial charge on any atom is 0.0488 e. The van der Waals surface area contributed by atoms with Crippen LogP contribution in [0.3, 0.4) is 0 Å².